The first-order chi connectivity index (χ1) is 11.0. The van der Waals surface area contributed by atoms with Gasteiger partial charge in [-0.25, -0.2) is 0 Å². The molecule has 1 nitrogen and oxygen atoms in total. The van der Waals surface area contributed by atoms with Gasteiger partial charge in [0.25, 0.3) is 0 Å². The summed E-state index contributed by atoms with van der Waals surface area (Å²) in [4.78, 5) is 11.9. The molecule has 1 aromatic carbocycles. The summed E-state index contributed by atoms with van der Waals surface area (Å²) in [5.41, 5.74) is 5.94. The smallest absolute Gasteiger partial charge is 0.131 e. The predicted octanol–water partition coefficient (Wildman–Crippen LogP) is 6.15. The molecule has 1 aromatic rings. The Morgan fingerprint density at radius 2 is 1.29 bits per heavy atom. The van der Waals surface area contributed by atoms with Gasteiger partial charge in [0.15, 0.2) is 0 Å². The number of allylic oxidation sites excluding steroid dienone is 5. The van der Waals surface area contributed by atoms with E-state index in [9.17, 15) is 4.79 Å². The van der Waals surface area contributed by atoms with Crippen molar-refractivity contribution in [2.24, 2.45) is 16.7 Å². The number of carbonyl (C=O) groups excluding carboxylic acids is 1. The van der Waals surface area contributed by atoms with E-state index in [1.54, 1.807) is 0 Å². The lowest BCUT2D eigenvalue weighted by atomic mass is 9.67. The van der Waals surface area contributed by atoms with Gasteiger partial charge in [-0.05, 0) is 46.1 Å². The van der Waals surface area contributed by atoms with Gasteiger partial charge in [-0.2, -0.15) is 0 Å². The molecule has 2 rings (SSSR count). The molecule has 128 valence electrons. The lowest BCUT2D eigenvalue weighted by Crippen LogP contribution is -2.28. The SMILES string of the molecule is Cc1ccc(C=C2C=C(C(C)(C)C)C(C=O)C(C(C)(C)C)=C2)cc1. The van der Waals surface area contributed by atoms with Crippen molar-refractivity contribution in [3.63, 3.8) is 0 Å². The molecule has 0 spiro atoms. The summed E-state index contributed by atoms with van der Waals surface area (Å²) >= 11 is 0. The van der Waals surface area contributed by atoms with Crippen LogP contribution in [0.25, 0.3) is 6.08 Å². The quantitative estimate of drug-likeness (QED) is 0.597. The number of hydrogen-bond acceptors (Lipinski definition) is 1. The van der Waals surface area contributed by atoms with Crippen LogP contribution in [0.15, 0.2) is 53.1 Å². The minimum Gasteiger partial charge on any atom is -0.302 e. The molecule has 0 saturated heterocycles. The summed E-state index contributed by atoms with van der Waals surface area (Å²) in [7, 11) is 0. The van der Waals surface area contributed by atoms with Crippen molar-refractivity contribution in [3.8, 4) is 0 Å². The maximum Gasteiger partial charge on any atom is 0.131 e. The number of benzene rings is 1. The largest absolute Gasteiger partial charge is 0.302 e. The first kappa shape index (κ1) is 18.4. The highest BCUT2D eigenvalue weighted by Gasteiger charge is 2.35. The average Bonchev–Trinajstić information content (AvgIpc) is 2.47. The second-order valence-corrected chi connectivity index (χ2v) is 8.87. The Morgan fingerprint density at radius 3 is 1.67 bits per heavy atom. The Balaban J connectivity index is 2.59. The van der Waals surface area contributed by atoms with E-state index in [0.717, 1.165) is 6.29 Å². The van der Waals surface area contributed by atoms with E-state index >= 15 is 0 Å². The molecule has 1 aliphatic carbocycles. The van der Waals surface area contributed by atoms with E-state index in [2.05, 4.69) is 91.0 Å². The van der Waals surface area contributed by atoms with Gasteiger partial charge in [-0.1, -0.05) is 83.5 Å². The number of hydrogen-bond donors (Lipinski definition) is 0. The standard InChI is InChI=1S/C23H30O/c1-16-8-10-17(11-9-16)12-18-13-20(22(2,3)4)19(15-24)21(14-18)23(5,6)7/h8-15,19H,1-7H3. The number of carbonyl (C=O) groups is 1. The van der Waals surface area contributed by atoms with Gasteiger partial charge < -0.3 is 4.79 Å². The molecule has 24 heavy (non-hydrogen) atoms. The summed E-state index contributed by atoms with van der Waals surface area (Å²) in [5.74, 6) is -0.125. The molecule has 0 radical (unpaired) electrons. The van der Waals surface area contributed by atoms with Crippen molar-refractivity contribution in [1.82, 2.24) is 0 Å². The monoisotopic (exact) mass is 322 g/mol. The fourth-order valence-electron chi connectivity index (χ4n) is 3.20. The molecule has 0 aromatic heterocycles. The van der Waals surface area contributed by atoms with E-state index in [1.807, 2.05) is 0 Å². The molecule has 0 atom stereocenters. The van der Waals surface area contributed by atoms with E-state index in [4.69, 9.17) is 0 Å². The molecule has 0 bridgehead atoms. The van der Waals surface area contributed by atoms with Crippen LogP contribution >= 0.6 is 0 Å². The van der Waals surface area contributed by atoms with Gasteiger partial charge in [0.1, 0.15) is 6.29 Å². The summed E-state index contributed by atoms with van der Waals surface area (Å²) < 4.78 is 0. The third-order valence-electron chi connectivity index (χ3n) is 4.59. The van der Waals surface area contributed by atoms with Crippen LogP contribution in [0.5, 0.6) is 0 Å². The molecular formula is C23H30O. The zero-order valence-corrected chi connectivity index (χ0v) is 16.1. The Hall–Kier alpha value is -1.89. The maximum absolute atomic E-state index is 11.9. The maximum atomic E-state index is 11.9. The first-order valence-electron chi connectivity index (χ1n) is 8.70. The van der Waals surface area contributed by atoms with Gasteiger partial charge in [0.05, 0.1) is 5.92 Å². The van der Waals surface area contributed by atoms with Gasteiger partial charge in [0, 0.05) is 0 Å². The van der Waals surface area contributed by atoms with Crippen molar-refractivity contribution in [2.45, 2.75) is 48.5 Å². The van der Waals surface area contributed by atoms with Gasteiger partial charge in [-0.15, -0.1) is 0 Å². The molecule has 0 saturated carbocycles. The zero-order chi connectivity index (χ0) is 18.1. The molecule has 1 aliphatic rings. The second-order valence-electron chi connectivity index (χ2n) is 8.87. The Kier molecular flexibility index (Phi) is 5.03. The highest BCUT2D eigenvalue weighted by atomic mass is 16.1. The Bertz CT molecular complexity index is 664. The molecule has 0 aliphatic heterocycles. The minimum absolute atomic E-state index is 0.0390. The van der Waals surface area contributed by atoms with Gasteiger partial charge >= 0.3 is 0 Å². The van der Waals surface area contributed by atoms with Crippen LogP contribution in [0.3, 0.4) is 0 Å². The summed E-state index contributed by atoms with van der Waals surface area (Å²) in [6, 6.07) is 8.55. The topological polar surface area (TPSA) is 17.1 Å². The fraction of sp³-hybridized carbons (Fsp3) is 0.435. The average molecular weight is 322 g/mol. The van der Waals surface area contributed by atoms with Crippen LogP contribution in [0.2, 0.25) is 0 Å². The Morgan fingerprint density at radius 1 is 0.833 bits per heavy atom. The normalized spacial score (nSPS) is 18.8. The van der Waals surface area contributed by atoms with Crippen molar-refractivity contribution < 1.29 is 4.79 Å². The van der Waals surface area contributed by atoms with Crippen molar-refractivity contribution in [3.05, 3.63) is 64.3 Å². The highest BCUT2D eigenvalue weighted by Crippen LogP contribution is 2.44. The van der Waals surface area contributed by atoms with Crippen LogP contribution in [-0.4, -0.2) is 6.29 Å². The van der Waals surface area contributed by atoms with E-state index in [1.165, 1.54) is 27.8 Å². The van der Waals surface area contributed by atoms with E-state index in [-0.39, 0.29) is 16.7 Å². The van der Waals surface area contributed by atoms with E-state index < -0.39 is 0 Å². The molecule has 1 heteroatoms. The lowest BCUT2D eigenvalue weighted by molar-refractivity contribution is -0.109. The summed E-state index contributed by atoms with van der Waals surface area (Å²) in [6.07, 6.45) is 7.72. The van der Waals surface area contributed by atoms with Crippen LogP contribution in [0.1, 0.15) is 52.7 Å². The summed E-state index contributed by atoms with van der Waals surface area (Å²) in [6.45, 7) is 15.2. The molecule has 0 fully saturated rings. The van der Waals surface area contributed by atoms with Crippen LogP contribution < -0.4 is 0 Å². The Labute approximate surface area is 147 Å². The fourth-order valence-corrected chi connectivity index (χ4v) is 3.20. The van der Waals surface area contributed by atoms with Gasteiger partial charge in [0.2, 0.25) is 0 Å². The lowest BCUT2D eigenvalue weighted by Gasteiger charge is -2.37. The highest BCUT2D eigenvalue weighted by molar-refractivity contribution is 5.72. The van der Waals surface area contributed by atoms with Crippen molar-refractivity contribution in [2.75, 3.05) is 0 Å². The second kappa shape index (κ2) is 6.55. The number of rotatable bonds is 2. The third kappa shape index (κ3) is 4.14. The molecule has 0 unspecified atom stereocenters. The predicted molar refractivity (Wildman–Crippen MR) is 104 cm³/mol. The molecule has 0 amide bonds. The first-order valence-corrected chi connectivity index (χ1v) is 8.70. The molecule has 0 N–H and O–H groups in total. The molecule has 0 heterocycles. The van der Waals surface area contributed by atoms with Crippen molar-refractivity contribution >= 4 is 12.4 Å². The molecular weight excluding hydrogens is 292 g/mol. The minimum atomic E-state index is -0.125. The third-order valence-corrected chi connectivity index (χ3v) is 4.59. The summed E-state index contributed by atoms with van der Waals surface area (Å²) in [5, 5.41) is 0. The van der Waals surface area contributed by atoms with Crippen molar-refractivity contribution in [1.29, 1.82) is 0 Å². The van der Waals surface area contributed by atoms with E-state index in [0.29, 0.717) is 0 Å². The van der Waals surface area contributed by atoms with Crippen LogP contribution in [0, 0.1) is 23.7 Å². The van der Waals surface area contributed by atoms with Gasteiger partial charge in [-0.3, -0.25) is 0 Å². The number of aryl methyl sites for hydroxylation is 1. The van der Waals surface area contributed by atoms with Crippen LogP contribution in [0.4, 0.5) is 0 Å². The van der Waals surface area contributed by atoms with Crippen LogP contribution in [-0.2, 0) is 4.79 Å². The zero-order valence-electron chi connectivity index (χ0n) is 16.1. The number of aldehydes is 1.